The van der Waals surface area contributed by atoms with E-state index in [1.807, 2.05) is 18.9 Å². The number of nitrogen functional groups attached to an aromatic ring is 1. The molecule has 0 aromatic heterocycles. The highest BCUT2D eigenvalue weighted by Gasteiger charge is 2.09. The highest BCUT2D eigenvalue weighted by Crippen LogP contribution is 2.23. The summed E-state index contributed by atoms with van der Waals surface area (Å²) in [5.74, 6) is -0.129. The van der Waals surface area contributed by atoms with Crippen LogP contribution in [0.4, 0.5) is 11.4 Å². The molecular weight excluding hydrogens is 228 g/mol. The zero-order chi connectivity index (χ0) is 13.5. The molecule has 0 fully saturated rings. The van der Waals surface area contributed by atoms with Gasteiger partial charge in [0, 0.05) is 25.7 Å². The van der Waals surface area contributed by atoms with Crippen molar-refractivity contribution in [3.8, 4) is 6.07 Å². The van der Waals surface area contributed by atoms with E-state index in [0.29, 0.717) is 30.8 Å². The number of anilines is 2. The SMILES string of the molecule is CCNC(=O)c1ccc(N(C)CCC#N)c(N)c1. The van der Waals surface area contributed by atoms with Gasteiger partial charge in [-0.1, -0.05) is 0 Å². The van der Waals surface area contributed by atoms with Crippen LogP contribution in [0.2, 0.25) is 0 Å². The second-order valence-electron chi connectivity index (χ2n) is 3.96. The highest BCUT2D eigenvalue weighted by molar-refractivity contribution is 5.96. The average molecular weight is 246 g/mol. The third kappa shape index (κ3) is 3.39. The Morgan fingerprint density at radius 2 is 2.28 bits per heavy atom. The largest absolute Gasteiger partial charge is 0.397 e. The molecule has 5 nitrogen and oxygen atoms in total. The van der Waals surface area contributed by atoms with E-state index >= 15 is 0 Å². The number of benzene rings is 1. The number of hydrogen-bond donors (Lipinski definition) is 2. The third-order valence-electron chi connectivity index (χ3n) is 2.60. The number of hydrogen-bond acceptors (Lipinski definition) is 4. The molecule has 0 bridgehead atoms. The monoisotopic (exact) mass is 246 g/mol. The van der Waals surface area contributed by atoms with Gasteiger partial charge in [-0.25, -0.2) is 0 Å². The molecule has 1 rings (SSSR count). The summed E-state index contributed by atoms with van der Waals surface area (Å²) >= 11 is 0. The summed E-state index contributed by atoms with van der Waals surface area (Å²) in [5.41, 5.74) is 7.84. The van der Waals surface area contributed by atoms with Gasteiger partial charge < -0.3 is 16.0 Å². The maximum Gasteiger partial charge on any atom is 0.251 e. The molecule has 1 aromatic carbocycles. The Balaban J connectivity index is 2.86. The van der Waals surface area contributed by atoms with E-state index in [-0.39, 0.29) is 5.91 Å². The minimum Gasteiger partial charge on any atom is -0.397 e. The van der Waals surface area contributed by atoms with Crippen molar-refractivity contribution in [1.29, 1.82) is 5.26 Å². The number of nitrogens with two attached hydrogens (primary N) is 1. The van der Waals surface area contributed by atoms with Crippen molar-refractivity contribution in [2.24, 2.45) is 0 Å². The van der Waals surface area contributed by atoms with Crippen LogP contribution in [0.5, 0.6) is 0 Å². The smallest absolute Gasteiger partial charge is 0.251 e. The average Bonchev–Trinajstić information content (AvgIpc) is 2.36. The number of nitriles is 1. The molecule has 0 heterocycles. The summed E-state index contributed by atoms with van der Waals surface area (Å²) in [7, 11) is 1.87. The summed E-state index contributed by atoms with van der Waals surface area (Å²) < 4.78 is 0. The Hall–Kier alpha value is -2.22. The maximum absolute atomic E-state index is 11.6. The molecule has 96 valence electrons. The van der Waals surface area contributed by atoms with E-state index < -0.39 is 0 Å². The molecule has 1 amide bonds. The lowest BCUT2D eigenvalue weighted by Gasteiger charge is -2.20. The molecule has 18 heavy (non-hydrogen) atoms. The van der Waals surface area contributed by atoms with E-state index in [0.717, 1.165) is 5.69 Å². The first-order valence-corrected chi connectivity index (χ1v) is 5.86. The fourth-order valence-corrected chi connectivity index (χ4v) is 1.64. The van der Waals surface area contributed by atoms with Gasteiger partial charge in [0.05, 0.1) is 23.9 Å². The van der Waals surface area contributed by atoms with Crippen LogP contribution < -0.4 is 16.0 Å². The number of carbonyl (C=O) groups excluding carboxylic acids is 1. The summed E-state index contributed by atoms with van der Waals surface area (Å²) in [6, 6.07) is 7.28. The Kier molecular flexibility index (Phi) is 5.00. The first-order valence-electron chi connectivity index (χ1n) is 5.86. The Morgan fingerprint density at radius 3 is 2.83 bits per heavy atom. The molecule has 0 aliphatic rings. The summed E-state index contributed by atoms with van der Waals surface area (Å²) in [4.78, 5) is 13.5. The van der Waals surface area contributed by atoms with E-state index in [9.17, 15) is 4.79 Å². The molecule has 0 saturated carbocycles. The second-order valence-corrected chi connectivity index (χ2v) is 3.96. The van der Waals surface area contributed by atoms with Crippen molar-refractivity contribution in [3.63, 3.8) is 0 Å². The van der Waals surface area contributed by atoms with Gasteiger partial charge in [0.1, 0.15) is 0 Å². The van der Waals surface area contributed by atoms with Crippen molar-refractivity contribution in [3.05, 3.63) is 23.8 Å². The van der Waals surface area contributed by atoms with Gasteiger partial charge in [0.2, 0.25) is 0 Å². The summed E-state index contributed by atoms with van der Waals surface area (Å²) in [5, 5.41) is 11.3. The lowest BCUT2D eigenvalue weighted by Crippen LogP contribution is -2.23. The molecule has 0 aliphatic heterocycles. The fourth-order valence-electron chi connectivity index (χ4n) is 1.64. The Bertz CT molecular complexity index is 465. The fraction of sp³-hybridized carbons (Fsp3) is 0.385. The molecule has 3 N–H and O–H groups in total. The summed E-state index contributed by atoms with van der Waals surface area (Å²) in [6.07, 6.45) is 0.439. The molecule has 0 spiro atoms. The van der Waals surface area contributed by atoms with Crippen molar-refractivity contribution in [1.82, 2.24) is 5.32 Å². The molecule has 0 unspecified atom stereocenters. The standard InChI is InChI=1S/C13H18N4O/c1-3-16-13(18)10-5-6-12(11(15)9-10)17(2)8-4-7-14/h5-6,9H,3-4,8,15H2,1-2H3,(H,16,18). The predicted molar refractivity (Wildman–Crippen MR) is 72.4 cm³/mol. The van der Waals surface area contributed by atoms with Crippen LogP contribution in [0.25, 0.3) is 0 Å². The lowest BCUT2D eigenvalue weighted by molar-refractivity contribution is 0.0956. The molecule has 0 saturated heterocycles. The zero-order valence-corrected chi connectivity index (χ0v) is 10.7. The van der Waals surface area contributed by atoms with Gasteiger partial charge in [-0.15, -0.1) is 0 Å². The second kappa shape index (κ2) is 6.50. The number of rotatable bonds is 5. The highest BCUT2D eigenvalue weighted by atomic mass is 16.1. The number of nitrogens with one attached hydrogen (secondary N) is 1. The van der Waals surface area contributed by atoms with Crippen LogP contribution >= 0.6 is 0 Å². The van der Waals surface area contributed by atoms with Gasteiger partial charge in [-0.3, -0.25) is 4.79 Å². The third-order valence-corrected chi connectivity index (χ3v) is 2.60. The lowest BCUT2D eigenvalue weighted by atomic mass is 10.1. The van der Waals surface area contributed by atoms with Crippen LogP contribution in [0.3, 0.4) is 0 Å². The van der Waals surface area contributed by atoms with Gasteiger partial charge in [0.15, 0.2) is 0 Å². The zero-order valence-electron chi connectivity index (χ0n) is 10.7. The van der Waals surface area contributed by atoms with Gasteiger partial charge in [-0.2, -0.15) is 5.26 Å². The topological polar surface area (TPSA) is 82.2 Å². The van der Waals surface area contributed by atoms with Crippen LogP contribution in [0.15, 0.2) is 18.2 Å². The first-order chi connectivity index (χ1) is 8.60. The first kappa shape index (κ1) is 13.8. The van der Waals surface area contributed by atoms with Crippen LogP contribution in [0.1, 0.15) is 23.7 Å². The van der Waals surface area contributed by atoms with Crippen molar-refractivity contribution < 1.29 is 4.79 Å². The van der Waals surface area contributed by atoms with Crippen LogP contribution in [-0.2, 0) is 0 Å². The molecule has 0 aliphatic carbocycles. The van der Waals surface area contributed by atoms with E-state index in [2.05, 4.69) is 11.4 Å². The Labute approximate surface area is 107 Å². The normalized spacial score (nSPS) is 9.61. The molecule has 5 heteroatoms. The minimum absolute atomic E-state index is 0.129. The summed E-state index contributed by atoms with van der Waals surface area (Å²) in [6.45, 7) is 3.06. The van der Waals surface area contributed by atoms with E-state index in [4.69, 9.17) is 11.0 Å². The van der Waals surface area contributed by atoms with E-state index in [1.54, 1.807) is 18.2 Å². The molecule has 1 aromatic rings. The van der Waals surface area contributed by atoms with Crippen molar-refractivity contribution in [2.75, 3.05) is 30.8 Å². The molecule has 0 radical (unpaired) electrons. The predicted octanol–water partition coefficient (Wildman–Crippen LogP) is 1.37. The van der Waals surface area contributed by atoms with E-state index in [1.165, 1.54) is 0 Å². The van der Waals surface area contributed by atoms with Crippen molar-refractivity contribution >= 4 is 17.3 Å². The number of amides is 1. The van der Waals surface area contributed by atoms with Crippen LogP contribution in [-0.4, -0.2) is 26.0 Å². The number of carbonyl (C=O) groups is 1. The van der Waals surface area contributed by atoms with Gasteiger partial charge >= 0.3 is 0 Å². The van der Waals surface area contributed by atoms with Crippen LogP contribution in [0, 0.1) is 11.3 Å². The number of nitrogens with zero attached hydrogens (tertiary/aromatic N) is 2. The minimum atomic E-state index is -0.129. The molecular formula is C13H18N4O. The molecule has 0 atom stereocenters. The quantitative estimate of drug-likeness (QED) is 0.769. The maximum atomic E-state index is 11.6. The van der Waals surface area contributed by atoms with Crippen molar-refractivity contribution in [2.45, 2.75) is 13.3 Å². The van der Waals surface area contributed by atoms with Gasteiger partial charge in [-0.05, 0) is 25.1 Å². The van der Waals surface area contributed by atoms with Gasteiger partial charge in [0.25, 0.3) is 5.91 Å². The Morgan fingerprint density at radius 1 is 1.56 bits per heavy atom.